The number of nitrogens with zero attached hydrogens (tertiary/aromatic N) is 1. The second-order valence-corrected chi connectivity index (χ2v) is 6.71. The molecule has 0 aromatic carbocycles. The molecule has 0 saturated carbocycles. The third kappa shape index (κ3) is 4.52. The fraction of sp³-hybridized carbons (Fsp3) is 1.00. The maximum absolute atomic E-state index is 9.68. The molecule has 15 heavy (non-hydrogen) atoms. The van der Waals surface area contributed by atoms with Crippen LogP contribution in [0.5, 0.6) is 0 Å². The predicted octanol–water partition coefficient (Wildman–Crippen LogP) is 2.52. The molecule has 1 heterocycles. The Hall–Kier alpha value is -0.0800. The van der Waals surface area contributed by atoms with Crippen molar-refractivity contribution >= 4 is 0 Å². The molecule has 0 aromatic rings. The molecule has 1 rings (SSSR count). The first-order valence-electron chi connectivity index (χ1n) is 6.13. The van der Waals surface area contributed by atoms with Crippen LogP contribution in [-0.2, 0) is 0 Å². The third-order valence-corrected chi connectivity index (χ3v) is 3.54. The van der Waals surface area contributed by atoms with Crippen molar-refractivity contribution in [1.82, 2.24) is 4.90 Å². The Bertz CT molecular complexity index is 200. The van der Waals surface area contributed by atoms with Gasteiger partial charge in [-0.05, 0) is 44.6 Å². The first-order chi connectivity index (χ1) is 6.68. The summed E-state index contributed by atoms with van der Waals surface area (Å²) in [5.41, 5.74) is -0.0801. The van der Waals surface area contributed by atoms with E-state index in [1.165, 1.54) is 19.5 Å². The Labute approximate surface area is 94.7 Å². The summed E-state index contributed by atoms with van der Waals surface area (Å²) in [5, 5.41) is 9.68. The van der Waals surface area contributed by atoms with Crippen molar-refractivity contribution in [2.75, 3.05) is 19.6 Å². The molecule has 1 N–H and O–H groups in total. The van der Waals surface area contributed by atoms with Gasteiger partial charge in [0.1, 0.15) is 0 Å². The third-order valence-electron chi connectivity index (χ3n) is 3.54. The van der Waals surface area contributed by atoms with Crippen molar-refractivity contribution in [3.05, 3.63) is 0 Å². The lowest BCUT2D eigenvalue weighted by atomic mass is 9.80. The minimum absolute atomic E-state index is 0.434. The van der Waals surface area contributed by atoms with E-state index >= 15 is 0 Å². The van der Waals surface area contributed by atoms with Crippen LogP contribution in [0.3, 0.4) is 0 Å². The second-order valence-electron chi connectivity index (χ2n) is 6.71. The minimum atomic E-state index is -0.514. The molecule has 90 valence electrons. The minimum Gasteiger partial charge on any atom is -0.390 e. The van der Waals surface area contributed by atoms with Crippen molar-refractivity contribution in [1.29, 1.82) is 0 Å². The van der Waals surface area contributed by atoms with Gasteiger partial charge in [-0.2, -0.15) is 0 Å². The summed E-state index contributed by atoms with van der Waals surface area (Å²) in [6.45, 7) is 14.2. The normalized spacial score (nSPS) is 24.8. The number of hydrogen-bond donors (Lipinski definition) is 1. The van der Waals surface area contributed by atoms with E-state index < -0.39 is 5.60 Å². The van der Waals surface area contributed by atoms with E-state index in [1.54, 1.807) is 0 Å². The SMILES string of the molecule is CC(C)(O)CCN1CCC(C(C)(C)C)C1. The quantitative estimate of drug-likeness (QED) is 0.778. The van der Waals surface area contributed by atoms with Crippen LogP contribution in [0.1, 0.15) is 47.5 Å². The molecule has 0 amide bonds. The van der Waals surface area contributed by atoms with Crippen molar-refractivity contribution in [3.8, 4) is 0 Å². The Morgan fingerprint density at radius 1 is 1.20 bits per heavy atom. The van der Waals surface area contributed by atoms with Crippen LogP contribution in [0.15, 0.2) is 0 Å². The van der Waals surface area contributed by atoms with Crippen LogP contribution in [-0.4, -0.2) is 35.2 Å². The predicted molar refractivity (Wildman–Crippen MR) is 64.9 cm³/mol. The van der Waals surface area contributed by atoms with Gasteiger partial charge in [-0.3, -0.25) is 0 Å². The lowest BCUT2D eigenvalue weighted by Gasteiger charge is -2.27. The van der Waals surface area contributed by atoms with Gasteiger partial charge in [0.15, 0.2) is 0 Å². The number of hydrogen-bond acceptors (Lipinski definition) is 2. The van der Waals surface area contributed by atoms with E-state index in [1.807, 2.05) is 13.8 Å². The molecule has 1 aliphatic rings. The lowest BCUT2D eigenvalue weighted by molar-refractivity contribution is 0.0594. The van der Waals surface area contributed by atoms with E-state index in [0.717, 1.165) is 18.9 Å². The van der Waals surface area contributed by atoms with E-state index in [9.17, 15) is 5.11 Å². The Balaban J connectivity index is 2.31. The van der Waals surface area contributed by atoms with E-state index in [0.29, 0.717) is 5.41 Å². The summed E-state index contributed by atoms with van der Waals surface area (Å²) >= 11 is 0. The molecule has 0 aromatic heterocycles. The second kappa shape index (κ2) is 4.42. The monoisotopic (exact) mass is 213 g/mol. The maximum atomic E-state index is 9.68. The van der Waals surface area contributed by atoms with E-state index in [-0.39, 0.29) is 0 Å². The highest BCUT2D eigenvalue weighted by atomic mass is 16.3. The summed E-state index contributed by atoms with van der Waals surface area (Å²) in [6.07, 6.45) is 2.19. The average Bonchev–Trinajstić information content (AvgIpc) is 2.45. The van der Waals surface area contributed by atoms with Gasteiger partial charge in [0.2, 0.25) is 0 Å². The fourth-order valence-electron chi connectivity index (χ4n) is 2.17. The van der Waals surface area contributed by atoms with Gasteiger partial charge in [-0.15, -0.1) is 0 Å². The smallest absolute Gasteiger partial charge is 0.0603 e. The molecule has 0 aliphatic carbocycles. The van der Waals surface area contributed by atoms with Crippen LogP contribution in [0.4, 0.5) is 0 Å². The van der Waals surface area contributed by atoms with E-state index in [2.05, 4.69) is 25.7 Å². The standard InChI is InChI=1S/C13H27NO/c1-12(2,3)11-6-8-14(10-11)9-7-13(4,5)15/h11,15H,6-10H2,1-5H3. The molecule has 2 nitrogen and oxygen atoms in total. The highest BCUT2D eigenvalue weighted by Gasteiger charge is 2.31. The maximum Gasteiger partial charge on any atom is 0.0603 e. The van der Waals surface area contributed by atoms with Gasteiger partial charge in [0.05, 0.1) is 5.60 Å². The molecule has 1 aliphatic heterocycles. The fourth-order valence-corrected chi connectivity index (χ4v) is 2.17. The van der Waals surface area contributed by atoms with Crippen molar-refractivity contribution in [2.24, 2.45) is 11.3 Å². The van der Waals surface area contributed by atoms with Crippen LogP contribution < -0.4 is 0 Å². The summed E-state index contributed by atoms with van der Waals surface area (Å²) in [6, 6.07) is 0. The van der Waals surface area contributed by atoms with Crippen molar-refractivity contribution < 1.29 is 5.11 Å². The highest BCUT2D eigenvalue weighted by molar-refractivity contribution is 4.84. The number of aliphatic hydroxyl groups is 1. The van der Waals surface area contributed by atoms with Gasteiger partial charge >= 0.3 is 0 Å². The van der Waals surface area contributed by atoms with Gasteiger partial charge in [0.25, 0.3) is 0 Å². The van der Waals surface area contributed by atoms with Crippen LogP contribution in [0.2, 0.25) is 0 Å². The lowest BCUT2D eigenvalue weighted by Crippen LogP contribution is -2.31. The molecule has 1 atom stereocenters. The molecule has 0 spiro atoms. The van der Waals surface area contributed by atoms with Gasteiger partial charge in [-0.25, -0.2) is 0 Å². The molecule has 0 radical (unpaired) electrons. The average molecular weight is 213 g/mol. The summed E-state index contributed by atoms with van der Waals surface area (Å²) < 4.78 is 0. The van der Waals surface area contributed by atoms with Gasteiger partial charge in [0, 0.05) is 13.1 Å². The van der Waals surface area contributed by atoms with Gasteiger partial charge < -0.3 is 10.0 Å². The van der Waals surface area contributed by atoms with E-state index in [4.69, 9.17) is 0 Å². The molecular formula is C13H27NO. The molecule has 1 unspecified atom stereocenters. The van der Waals surface area contributed by atoms with Crippen LogP contribution in [0.25, 0.3) is 0 Å². The topological polar surface area (TPSA) is 23.5 Å². The largest absolute Gasteiger partial charge is 0.390 e. The molecule has 0 bridgehead atoms. The van der Waals surface area contributed by atoms with Crippen LogP contribution in [0, 0.1) is 11.3 Å². The molecule has 2 heteroatoms. The van der Waals surface area contributed by atoms with Crippen molar-refractivity contribution in [2.45, 2.75) is 53.1 Å². The summed E-state index contributed by atoms with van der Waals surface area (Å²) in [4.78, 5) is 2.49. The molecular weight excluding hydrogens is 186 g/mol. The zero-order chi connectivity index (χ0) is 11.7. The van der Waals surface area contributed by atoms with Gasteiger partial charge in [-0.1, -0.05) is 20.8 Å². The highest BCUT2D eigenvalue weighted by Crippen LogP contribution is 2.33. The number of likely N-dealkylation sites (tertiary alicyclic amines) is 1. The first kappa shape index (κ1) is 13.0. The summed E-state index contributed by atoms with van der Waals surface area (Å²) in [5.74, 6) is 0.819. The summed E-state index contributed by atoms with van der Waals surface area (Å²) in [7, 11) is 0. The molecule has 1 saturated heterocycles. The first-order valence-corrected chi connectivity index (χ1v) is 6.13. The zero-order valence-corrected chi connectivity index (χ0v) is 11.0. The Morgan fingerprint density at radius 2 is 1.80 bits per heavy atom. The number of rotatable bonds is 3. The zero-order valence-electron chi connectivity index (χ0n) is 11.0. The Kier molecular flexibility index (Phi) is 3.83. The van der Waals surface area contributed by atoms with Crippen molar-refractivity contribution in [3.63, 3.8) is 0 Å². The van der Waals surface area contributed by atoms with Crippen LogP contribution >= 0.6 is 0 Å². The Morgan fingerprint density at radius 3 is 2.20 bits per heavy atom. The molecule has 1 fully saturated rings.